The number of carbonyl (C=O) groups excluding carboxylic acids is 2. The second kappa shape index (κ2) is 8.02. The van der Waals surface area contributed by atoms with Gasteiger partial charge in [0.05, 0.1) is 11.6 Å². The van der Waals surface area contributed by atoms with E-state index in [1.54, 1.807) is 30.3 Å². The quantitative estimate of drug-likeness (QED) is 0.430. The first-order valence-electron chi connectivity index (χ1n) is 8.35. The van der Waals surface area contributed by atoms with Crippen LogP contribution in [0.2, 0.25) is 0 Å². The molecule has 1 aliphatic rings. The maximum absolute atomic E-state index is 14.5. The lowest BCUT2D eigenvalue weighted by atomic mass is 9.95. The largest absolute Gasteiger partial charge is 0.507 e. The number of rotatable bonds is 5. The molecule has 1 aliphatic heterocycles. The SMILES string of the molecule is O=C1C(=O)N(CCCO)C(c2ccccc2F)C1=C(O)c1ccc(Br)cc1. The van der Waals surface area contributed by atoms with E-state index < -0.39 is 23.5 Å². The summed E-state index contributed by atoms with van der Waals surface area (Å²) < 4.78 is 15.3. The highest BCUT2D eigenvalue weighted by atomic mass is 79.9. The van der Waals surface area contributed by atoms with Gasteiger partial charge in [0, 0.05) is 28.8 Å². The second-order valence-corrected chi connectivity index (χ2v) is 7.01. The Hall–Kier alpha value is -2.51. The first-order valence-corrected chi connectivity index (χ1v) is 9.14. The molecule has 0 aliphatic carbocycles. The Morgan fingerprint density at radius 1 is 1.11 bits per heavy atom. The molecule has 140 valence electrons. The minimum atomic E-state index is -1.05. The van der Waals surface area contributed by atoms with E-state index in [1.165, 1.54) is 23.1 Å². The van der Waals surface area contributed by atoms with Crippen LogP contribution in [-0.2, 0) is 9.59 Å². The fourth-order valence-corrected chi connectivity index (χ4v) is 3.40. The third kappa shape index (κ3) is 3.65. The molecule has 27 heavy (non-hydrogen) atoms. The van der Waals surface area contributed by atoms with Crippen LogP contribution in [0.5, 0.6) is 0 Å². The number of nitrogens with zero attached hydrogens (tertiary/aromatic N) is 1. The van der Waals surface area contributed by atoms with Gasteiger partial charge in [0.2, 0.25) is 0 Å². The van der Waals surface area contributed by atoms with Crippen LogP contribution in [0.15, 0.2) is 58.6 Å². The van der Waals surface area contributed by atoms with Crippen molar-refractivity contribution in [2.45, 2.75) is 12.5 Å². The number of Topliss-reactive ketones (excluding diaryl/α,β-unsaturated/α-hetero) is 1. The van der Waals surface area contributed by atoms with Crippen LogP contribution in [0.3, 0.4) is 0 Å². The van der Waals surface area contributed by atoms with E-state index in [-0.39, 0.29) is 36.5 Å². The van der Waals surface area contributed by atoms with Crippen molar-refractivity contribution in [2.24, 2.45) is 0 Å². The number of aliphatic hydroxyl groups is 2. The highest BCUT2D eigenvalue weighted by Crippen LogP contribution is 2.40. The fourth-order valence-electron chi connectivity index (χ4n) is 3.14. The summed E-state index contributed by atoms with van der Waals surface area (Å²) in [4.78, 5) is 26.4. The maximum atomic E-state index is 14.5. The number of carbonyl (C=O) groups is 2. The predicted octanol–water partition coefficient (Wildman–Crippen LogP) is 3.39. The molecule has 0 bridgehead atoms. The average Bonchev–Trinajstić information content (AvgIpc) is 2.91. The van der Waals surface area contributed by atoms with Gasteiger partial charge in [0.15, 0.2) is 0 Å². The second-order valence-electron chi connectivity index (χ2n) is 6.10. The third-order valence-electron chi connectivity index (χ3n) is 4.41. The topological polar surface area (TPSA) is 77.8 Å². The van der Waals surface area contributed by atoms with Gasteiger partial charge in [0.25, 0.3) is 11.7 Å². The molecule has 1 saturated heterocycles. The Morgan fingerprint density at radius 2 is 1.78 bits per heavy atom. The first-order chi connectivity index (χ1) is 13.0. The monoisotopic (exact) mass is 433 g/mol. The van der Waals surface area contributed by atoms with E-state index >= 15 is 0 Å². The average molecular weight is 434 g/mol. The van der Waals surface area contributed by atoms with Gasteiger partial charge in [-0.2, -0.15) is 0 Å². The molecule has 5 nitrogen and oxygen atoms in total. The van der Waals surface area contributed by atoms with Crippen LogP contribution < -0.4 is 0 Å². The van der Waals surface area contributed by atoms with Crippen LogP contribution in [0, 0.1) is 5.82 Å². The molecule has 0 saturated carbocycles. The molecule has 2 aromatic rings. The van der Waals surface area contributed by atoms with E-state index in [9.17, 15) is 19.1 Å². The minimum Gasteiger partial charge on any atom is -0.507 e. The van der Waals surface area contributed by atoms with Crippen molar-refractivity contribution >= 4 is 33.4 Å². The molecule has 1 amide bonds. The summed E-state index contributed by atoms with van der Waals surface area (Å²) in [5.41, 5.74) is 0.304. The standard InChI is InChI=1S/C20H17BrFNO4/c21-13-8-6-12(7-9-13)18(25)16-17(14-4-1-2-5-15(14)22)23(10-3-11-24)20(27)19(16)26/h1-2,4-9,17,24-25H,3,10-11H2. The van der Waals surface area contributed by atoms with E-state index in [1.807, 2.05) is 0 Å². The summed E-state index contributed by atoms with van der Waals surface area (Å²) >= 11 is 3.30. The van der Waals surface area contributed by atoms with Gasteiger partial charge < -0.3 is 15.1 Å². The zero-order valence-electron chi connectivity index (χ0n) is 14.2. The summed E-state index contributed by atoms with van der Waals surface area (Å²) in [5, 5.41) is 19.9. The number of amides is 1. The number of hydrogen-bond donors (Lipinski definition) is 2. The van der Waals surface area contributed by atoms with Crippen molar-refractivity contribution in [3.8, 4) is 0 Å². The minimum absolute atomic E-state index is 0.0667. The van der Waals surface area contributed by atoms with Crippen LogP contribution in [0.4, 0.5) is 4.39 Å². The van der Waals surface area contributed by atoms with E-state index in [0.717, 1.165) is 4.47 Å². The molecule has 2 aromatic carbocycles. The maximum Gasteiger partial charge on any atom is 0.295 e. The number of aliphatic hydroxyl groups excluding tert-OH is 2. The highest BCUT2D eigenvalue weighted by molar-refractivity contribution is 9.10. The zero-order chi connectivity index (χ0) is 19.6. The normalized spacial score (nSPS) is 18.9. The molecule has 0 radical (unpaired) electrons. The lowest BCUT2D eigenvalue weighted by molar-refractivity contribution is -0.140. The van der Waals surface area contributed by atoms with E-state index in [2.05, 4.69) is 15.9 Å². The molecule has 7 heteroatoms. The van der Waals surface area contributed by atoms with Crippen molar-refractivity contribution in [3.05, 3.63) is 75.5 Å². The smallest absolute Gasteiger partial charge is 0.295 e. The molecule has 1 fully saturated rings. The van der Waals surface area contributed by atoms with Crippen molar-refractivity contribution in [1.29, 1.82) is 0 Å². The molecular weight excluding hydrogens is 417 g/mol. The summed E-state index contributed by atoms with van der Waals surface area (Å²) in [5.74, 6) is -2.64. The van der Waals surface area contributed by atoms with Crippen molar-refractivity contribution in [1.82, 2.24) is 4.90 Å². The molecule has 1 atom stereocenters. The lowest BCUT2D eigenvalue weighted by Crippen LogP contribution is -2.31. The number of halogens is 2. The van der Waals surface area contributed by atoms with Gasteiger partial charge >= 0.3 is 0 Å². The van der Waals surface area contributed by atoms with E-state index in [0.29, 0.717) is 5.56 Å². The van der Waals surface area contributed by atoms with E-state index in [4.69, 9.17) is 5.11 Å². The number of likely N-dealkylation sites (tertiary alicyclic amines) is 1. The molecule has 1 unspecified atom stereocenters. The summed E-state index contributed by atoms with van der Waals surface area (Å²) in [7, 11) is 0. The van der Waals surface area contributed by atoms with Gasteiger partial charge in [0.1, 0.15) is 11.6 Å². The predicted molar refractivity (Wildman–Crippen MR) is 101 cm³/mol. The first kappa shape index (κ1) is 19.3. The van der Waals surface area contributed by atoms with Crippen LogP contribution >= 0.6 is 15.9 Å². The van der Waals surface area contributed by atoms with Crippen LogP contribution in [0.1, 0.15) is 23.6 Å². The fraction of sp³-hybridized carbons (Fsp3) is 0.200. The summed E-state index contributed by atoms with van der Waals surface area (Å²) in [6.07, 6.45) is 0.232. The highest BCUT2D eigenvalue weighted by Gasteiger charge is 2.46. The summed E-state index contributed by atoms with van der Waals surface area (Å²) in [6.45, 7) is -0.114. The molecule has 3 rings (SSSR count). The van der Waals surface area contributed by atoms with Gasteiger partial charge in [-0.3, -0.25) is 9.59 Å². The van der Waals surface area contributed by atoms with Crippen LogP contribution in [0.25, 0.3) is 5.76 Å². The Bertz CT molecular complexity index is 910. The Morgan fingerprint density at radius 3 is 2.41 bits per heavy atom. The van der Waals surface area contributed by atoms with Gasteiger partial charge in [-0.05, 0) is 24.6 Å². The Labute approximate surface area is 163 Å². The van der Waals surface area contributed by atoms with Gasteiger partial charge in [-0.25, -0.2) is 4.39 Å². The van der Waals surface area contributed by atoms with Crippen molar-refractivity contribution in [3.63, 3.8) is 0 Å². The zero-order valence-corrected chi connectivity index (χ0v) is 15.8. The molecule has 0 aromatic heterocycles. The van der Waals surface area contributed by atoms with Crippen molar-refractivity contribution in [2.75, 3.05) is 13.2 Å². The Kier molecular flexibility index (Phi) is 5.72. The third-order valence-corrected chi connectivity index (χ3v) is 4.94. The number of benzene rings is 2. The molecule has 2 N–H and O–H groups in total. The number of ketones is 1. The number of hydrogen-bond acceptors (Lipinski definition) is 4. The molecular formula is C20H17BrFNO4. The van der Waals surface area contributed by atoms with Gasteiger partial charge in [-0.1, -0.05) is 46.3 Å². The molecule has 0 spiro atoms. The molecule has 1 heterocycles. The Balaban J connectivity index is 2.18. The van der Waals surface area contributed by atoms with Crippen molar-refractivity contribution < 1.29 is 24.2 Å². The summed E-state index contributed by atoms with van der Waals surface area (Å²) in [6, 6.07) is 11.3. The van der Waals surface area contributed by atoms with Crippen LogP contribution in [-0.4, -0.2) is 40.0 Å². The van der Waals surface area contributed by atoms with Gasteiger partial charge in [-0.15, -0.1) is 0 Å². The lowest BCUT2D eigenvalue weighted by Gasteiger charge is -2.25.